The molecule has 0 saturated heterocycles. The quantitative estimate of drug-likeness (QED) is 0.737. The molecule has 2 nitrogen and oxygen atoms in total. The summed E-state index contributed by atoms with van der Waals surface area (Å²) in [6.45, 7) is 4.11. The van der Waals surface area contributed by atoms with Crippen LogP contribution in [0.3, 0.4) is 0 Å². The lowest BCUT2D eigenvalue weighted by molar-refractivity contribution is 0.151. The molecule has 1 aliphatic rings. The molecule has 1 heterocycles. The van der Waals surface area contributed by atoms with Gasteiger partial charge in [0.25, 0.3) is 0 Å². The average molecular weight is 191 g/mol. The van der Waals surface area contributed by atoms with E-state index in [-0.39, 0.29) is 12.1 Å². The maximum absolute atomic E-state index is 5.83. The third-order valence-electron chi connectivity index (χ3n) is 2.78. The highest BCUT2D eigenvalue weighted by Crippen LogP contribution is 2.28. The third kappa shape index (κ3) is 1.75. The first-order valence-corrected chi connectivity index (χ1v) is 5.18. The normalized spacial score (nSPS) is 22.4. The summed E-state index contributed by atoms with van der Waals surface area (Å²) in [6.07, 6.45) is 2.31. The van der Waals surface area contributed by atoms with Gasteiger partial charge in [0.1, 0.15) is 11.9 Å². The van der Waals surface area contributed by atoms with Crippen LogP contribution in [0.2, 0.25) is 0 Å². The average Bonchev–Trinajstić information content (AvgIpc) is 2.16. The lowest BCUT2D eigenvalue weighted by Crippen LogP contribution is -2.38. The second kappa shape index (κ2) is 3.62. The highest BCUT2D eigenvalue weighted by molar-refractivity contribution is 5.38. The van der Waals surface area contributed by atoms with Gasteiger partial charge in [0.05, 0.1) is 0 Å². The van der Waals surface area contributed by atoms with Gasteiger partial charge in [0.15, 0.2) is 0 Å². The van der Waals surface area contributed by atoms with Crippen molar-refractivity contribution in [3.05, 3.63) is 29.3 Å². The van der Waals surface area contributed by atoms with Crippen molar-refractivity contribution in [1.29, 1.82) is 0 Å². The first kappa shape index (κ1) is 9.53. The lowest BCUT2D eigenvalue weighted by atomic mass is 9.98. The summed E-state index contributed by atoms with van der Waals surface area (Å²) in [7, 11) is 0. The fraction of sp³-hybridized carbons (Fsp3) is 0.500. The van der Waals surface area contributed by atoms with Crippen molar-refractivity contribution < 1.29 is 4.74 Å². The van der Waals surface area contributed by atoms with Crippen LogP contribution in [0.15, 0.2) is 18.2 Å². The van der Waals surface area contributed by atoms with E-state index in [0.717, 1.165) is 18.6 Å². The first-order chi connectivity index (χ1) is 6.66. The first-order valence-electron chi connectivity index (χ1n) is 5.18. The van der Waals surface area contributed by atoms with Crippen LogP contribution in [0, 0.1) is 6.92 Å². The Morgan fingerprint density at radius 2 is 2.29 bits per heavy atom. The molecule has 2 N–H and O–H groups in total. The van der Waals surface area contributed by atoms with Gasteiger partial charge in [-0.1, -0.05) is 17.7 Å². The molecule has 2 atom stereocenters. The topological polar surface area (TPSA) is 35.2 Å². The van der Waals surface area contributed by atoms with Crippen molar-refractivity contribution in [2.45, 2.75) is 38.8 Å². The number of hydrogen-bond donors (Lipinski definition) is 1. The van der Waals surface area contributed by atoms with E-state index in [4.69, 9.17) is 10.5 Å². The molecule has 0 fully saturated rings. The van der Waals surface area contributed by atoms with Crippen LogP contribution < -0.4 is 10.5 Å². The summed E-state index contributed by atoms with van der Waals surface area (Å²) in [5, 5.41) is 0. The molecule has 0 aliphatic carbocycles. The maximum atomic E-state index is 5.83. The molecule has 76 valence electrons. The summed E-state index contributed by atoms with van der Waals surface area (Å²) in [6, 6.07) is 6.46. The minimum Gasteiger partial charge on any atom is -0.489 e. The Bertz CT molecular complexity index is 333. The Hall–Kier alpha value is -1.02. The zero-order chi connectivity index (χ0) is 10.1. The predicted octanol–water partition coefficient (Wildman–Crippen LogP) is 2.04. The highest BCUT2D eigenvalue weighted by Gasteiger charge is 2.22. The van der Waals surface area contributed by atoms with Crippen LogP contribution in [0.1, 0.15) is 24.5 Å². The molecule has 0 radical (unpaired) electrons. The SMILES string of the molecule is Cc1ccc2c(c1)CCC(C(C)N)O2. The van der Waals surface area contributed by atoms with Gasteiger partial charge in [-0.15, -0.1) is 0 Å². The fourth-order valence-electron chi connectivity index (χ4n) is 1.91. The maximum Gasteiger partial charge on any atom is 0.123 e. The Morgan fingerprint density at radius 1 is 1.50 bits per heavy atom. The Kier molecular flexibility index (Phi) is 2.46. The van der Waals surface area contributed by atoms with E-state index >= 15 is 0 Å². The van der Waals surface area contributed by atoms with Crippen LogP contribution in [-0.2, 0) is 6.42 Å². The zero-order valence-electron chi connectivity index (χ0n) is 8.79. The highest BCUT2D eigenvalue weighted by atomic mass is 16.5. The molecule has 2 unspecified atom stereocenters. The standard InChI is InChI=1S/C12H17NO/c1-8-3-5-12-10(7-8)4-6-11(14-12)9(2)13/h3,5,7,9,11H,4,6,13H2,1-2H3. The molecular formula is C12H17NO. The van der Waals surface area contributed by atoms with Gasteiger partial charge in [-0.25, -0.2) is 0 Å². The number of nitrogens with two attached hydrogens (primary N) is 1. The van der Waals surface area contributed by atoms with Gasteiger partial charge in [-0.05, 0) is 38.3 Å². The van der Waals surface area contributed by atoms with Crippen LogP contribution in [-0.4, -0.2) is 12.1 Å². The van der Waals surface area contributed by atoms with Gasteiger partial charge in [0.2, 0.25) is 0 Å². The van der Waals surface area contributed by atoms with Gasteiger partial charge in [-0.3, -0.25) is 0 Å². The molecule has 1 aliphatic heterocycles. The van der Waals surface area contributed by atoms with Gasteiger partial charge >= 0.3 is 0 Å². The Balaban J connectivity index is 2.23. The van der Waals surface area contributed by atoms with Crippen molar-refractivity contribution in [1.82, 2.24) is 0 Å². The van der Waals surface area contributed by atoms with Crippen molar-refractivity contribution in [3.8, 4) is 5.75 Å². The van der Waals surface area contributed by atoms with E-state index in [0.29, 0.717) is 0 Å². The largest absolute Gasteiger partial charge is 0.489 e. The van der Waals surface area contributed by atoms with E-state index in [1.165, 1.54) is 11.1 Å². The lowest BCUT2D eigenvalue weighted by Gasteiger charge is -2.28. The van der Waals surface area contributed by atoms with Crippen LogP contribution in [0.5, 0.6) is 5.75 Å². The number of benzene rings is 1. The minimum atomic E-state index is 0.115. The predicted molar refractivity (Wildman–Crippen MR) is 57.6 cm³/mol. The van der Waals surface area contributed by atoms with Crippen molar-refractivity contribution in [2.24, 2.45) is 5.73 Å². The molecule has 0 spiro atoms. The summed E-state index contributed by atoms with van der Waals surface area (Å²) >= 11 is 0. The van der Waals surface area contributed by atoms with Gasteiger partial charge < -0.3 is 10.5 Å². The van der Waals surface area contributed by atoms with Crippen molar-refractivity contribution in [2.75, 3.05) is 0 Å². The fourth-order valence-corrected chi connectivity index (χ4v) is 1.91. The van der Waals surface area contributed by atoms with Crippen molar-refractivity contribution in [3.63, 3.8) is 0 Å². The number of hydrogen-bond acceptors (Lipinski definition) is 2. The molecule has 1 aromatic rings. The smallest absolute Gasteiger partial charge is 0.123 e. The summed E-state index contributed by atoms with van der Waals surface area (Å²) < 4.78 is 5.82. The number of fused-ring (bicyclic) bond motifs is 1. The van der Waals surface area contributed by atoms with Gasteiger partial charge in [0, 0.05) is 6.04 Å². The molecule has 14 heavy (non-hydrogen) atoms. The second-order valence-electron chi connectivity index (χ2n) is 4.17. The molecule has 0 amide bonds. The van der Waals surface area contributed by atoms with E-state index in [1.54, 1.807) is 0 Å². The molecular weight excluding hydrogens is 174 g/mol. The Morgan fingerprint density at radius 3 is 3.00 bits per heavy atom. The second-order valence-corrected chi connectivity index (χ2v) is 4.17. The minimum absolute atomic E-state index is 0.115. The van der Waals surface area contributed by atoms with E-state index in [2.05, 4.69) is 25.1 Å². The summed E-state index contributed by atoms with van der Waals surface area (Å²) in [4.78, 5) is 0. The van der Waals surface area contributed by atoms with Crippen molar-refractivity contribution >= 4 is 0 Å². The number of rotatable bonds is 1. The van der Waals surface area contributed by atoms with E-state index in [1.807, 2.05) is 6.92 Å². The molecule has 0 aromatic heterocycles. The molecule has 2 heteroatoms. The van der Waals surface area contributed by atoms with Gasteiger partial charge in [-0.2, -0.15) is 0 Å². The molecule has 1 aromatic carbocycles. The van der Waals surface area contributed by atoms with E-state index in [9.17, 15) is 0 Å². The van der Waals surface area contributed by atoms with Crippen LogP contribution in [0.25, 0.3) is 0 Å². The van der Waals surface area contributed by atoms with Crippen LogP contribution in [0.4, 0.5) is 0 Å². The molecule has 2 rings (SSSR count). The Labute approximate surface area is 85.1 Å². The summed E-state index contributed by atoms with van der Waals surface area (Å²) in [5.41, 5.74) is 8.45. The number of ether oxygens (including phenoxy) is 1. The number of aryl methyl sites for hydroxylation is 2. The molecule has 0 bridgehead atoms. The monoisotopic (exact) mass is 191 g/mol. The zero-order valence-corrected chi connectivity index (χ0v) is 8.79. The van der Waals surface area contributed by atoms with Crippen LogP contribution >= 0.6 is 0 Å². The third-order valence-corrected chi connectivity index (χ3v) is 2.78. The van der Waals surface area contributed by atoms with E-state index < -0.39 is 0 Å². The summed E-state index contributed by atoms with van der Waals surface area (Å²) in [5.74, 6) is 1.02. The molecule has 0 saturated carbocycles.